The number of aromatic nitrogens is 1. The molecule has 0 radical (unpaired) electrons. The molecule has 6 heteroatoms. The number of carboxylic acids is 1. The number of oxazole rings is 1. The van der Waals surface area contributed by atoms with Gasteiger partial charge in [0.25, 0.3) is 5.91 Å². The van der Waals surface area contributed by atoms with Crippen molar-refractivity contribution < 1.29 is 19.1 Å². The van der Waals surface area contributed by atoms with Crippen LogP contribution in [-0.2, 0) is 4.79 Å². The standard InChI is InChI=1S/C17H20N2O4/c1-3-4-10-13(17(21)22)19-15(20)14-11(2)18-16(23-14)12-8-6-5-7-9-12/h5-9,13H,3-4,10H2,1-2H3,(H,19,20)(H,21,22). The Hall–Kier alpha value is -2.63. The summed E-state index contributed by atoms with van der Waals surface area (Å²) in [6.45, 7) is 3.63. The summed E-state index contributed by atoms with van der Waals surface area (Å²) in [7, 11) is 0. The van der Waals surface area contributed by atoms with E-state index in [-0.39, 0.29) is 5.76 Å². The quantitative estimate of drug-likeness (QED) is 0.819. The van der Waals surface area contributed by atoms with Crippen molar-refractivity contribution in [1.29, 1.82) is 0 Å². The van der Waals surface area contributed by atoms with Crippen molar-refractivity contribution in [2.45, 2.75) is 39.2 Å². The highest BCUT2D eigenvalue weighted by molar-refractivity contribution is 5.95. The van der Waals surface area contributed by atoms with Gasteiger partial charge in [0.05, 0.1) is 5.69 Å². The van der Waals surface area contributed by atoms with E-state index in [0.29, 0.717) is 18.0 Å². The third-order valence-corrected chi connectivity index (χ3v) is 3.47. The predicted octanol–water partition coefficient (Wildman–Crippen LogP) is 3.02. The van der Waals surface area contributed by atoms with Gasteiger partial charge >= 0.3 is 5.97 Å². The van der Waals surface area contributed by atoms with Crippen LogP contribution in [-0.4, -0.2) is 28.0 Å². The number of aryl methyl sites for hydroxylation is 1. The minimum absolute atomic E-state index is 0.0478. The first-order valence-electron chi connectivity index (χ1n) is 7.59. The molecule has 0 bridgehead atoms. The second-order valence-corrected chi connectivity index (χ2v) is 5.31. The van der Waals surface area contributed by atoms with Crippen LogP contribution in [0.3, 0.4) is 0 Å². The number of amides is 1. The molecule has 1 amide bonds. The van der Waals surface area contributed by atoms with Gasteiger partial charge in [-0.05, 0) is 25.5 Å². The average molecular weight is 316 g/mol. The van der Waals surface area contributed by atoms with Gasteiger partial charge < -0.3 is 14.8 Å². The van der Waals surface area contributed by atoms with Crippen LogP contribution in [0.1, 0.15) is 42.4 Å². The van der Waals surface area contributed by atoms with E-state index in [1.807, 2.05) is 37.3 Å². The highest BCUT2D eigenvalue weighted by atomic mass is 16.4. The molecule has 0 aliphatic heterocycles. The Balaban J connectivity index is 2.16. The fourth-order valence-electron chi connectivity index (χ4n) is 2.20. The van der Waals surface area contributed by atoms with Gasteiger partial charge in [-0.1, -0.05) is 38.0 Å². The maximum absolute atomic E-state index is 12.3. The molecule has 2 aromatic rings. The SMILES string of the molecule is CCCCC(NC(=O)c1oc(-c2ccccc2)nc1C)C(=O)O. The van der Waals surface area contributed by atoms with Crippen LogP contribution >= 0.6 is 0 Å². The van der Waals surface area contributed by atoms with Crippen molar-refractivity contribution in [3.63, 3.8) is 0 Å². The number of carbonyl (C=O) groups is 2. The lowest BCUT2D eigenvalue weighted by Crippen LogP contribution is -2.40. The zero-order valence-corrected chi connectivity index (χ0v) is 13.2. The zero-order chi connectivity index (χ0) is 16.8. The first-order valence-corrected chi connectivity index (χ1v) is 7.59. The topological polar surface area (TPSA) is 92.4 Å². The summed E-state index contributed by atoms with van der Waals surface area (Å²) in [4.78, 5) is 27.7. The molecule has 1 atom stereocenters. The lowest BCUT2D eigenvalue weighted by atomic mass is 10.1. The number of hydrogen-bond acceptors (Lipinski definition) is 4. The molecular formula is C17H20N2O4. The smallest absolute Gasteiger partial charge is 0.326 e. The molecule has 1 unspecified atom stereocenters. The molecule has 2 N–H and O–H groups in total. The molecule has 1 aromatic heterocycles. The van der Waals surface area contributed by atoms with E-state index in [2.05, 4.69) is 10.3 Å². The van der Waals surface area contributed by atoms with Crippen molar-refractivity contribution in [3.05, 3.63) is 41.8 Å². The number of carboxylic acid groups (broad SMARTS) is 1. The summed E-state index contributed by atoms with van der Waals surface area (Å²) in [5, 5.41) is 11.7. The maximum Gasteiger partial charge on any atom is 0.326 e. The molecule has 1 aromatic carbocycles. The maximum atomic E-state index is 12.3. The Morgan fingerprint density at radius 2 is 2.00 bits per heavy atom. The summed E-state index contributed by atoms with van der Waals surface area (Å²) >= 11 is 0. The van der Waals surface area contributed by atoms with Gasteiger partial charge in [0, 0.05) is 5.56 Å². The Morgan fingerprint density at radius 1 is 1.30 bits per heavy atom. The molecule has 0 saturated heterocycles. The van der Waals surface area contributed by atoms with E-state index in [1.165, 1.54) is 0 Å². The normalized spacial score (nSPS) is 11.9. The van der Waals surface area contributed by atoms with Crippen molar-refractivity contribution in [3.8, 4) is 11.5 Å². The van der Waals surface area contributed by atoms with Crippen molar-refractivity contribution in [2.75, 3.05) is 0 Å². The number of aliphatic carboxylic acids is 1. The van der Waals surface area contributed by atoms with E-state index in [4.69, 9.17) is 4.42 Å². The largest absolute Gasteiger partial charge is 0.480 e. The van der Waals surface area contributed by atoms with Gasteiger partial charge in [-0.2, -0.15) is 0 Å². The van der Waals surface area contributed by atoms with Gasteiger partial charge in [-0.25, -0.2) is 9.78 Å². The minimum Gasteiger partial charge on any atom is -0.480 e. The van der Waals surface area contributed by atoms with E-state index in [9.17, 15) is 14.7 Å². The minimum atomic E-state index is -1.05. The van der Waals surface area contributed by atoms with Crippen LogP contribution in [0.5, 0.6) is 0 Å². The highest BCUT2D eigenvalue weighted by Crippen LogP contribution is 2.21. The van der Waals surface area contributed by atoms with Gasteiger partial charge in [-0.15, -0.1) is 0 Å². The number of carbonyl (C=O) groups excluding carboxylic acids is 1. The van der Waals surface area contributed by atoms with Crippen molar-refractivity contribution in [2.24, 2.45) is 0 Å². The number of hydrogen-bond donors (Lipinski definition) is 2. The summed E-state index contributed by atoms with van der Waals surface area (Å²) in [6, 6.07) is 8.30. The molecule has 0 aliphatic carbocycles. The van der Waals surface area contributed by atoms with Crippen molar-refractivity contribution >= 4 is 11.9 Å². The summed E-state index contributed by atoms with van der Waals surface area (Å²) in [6.07, 6.45) is 1.97. The van der Waals surface area contributed by atoms with E-state index >= 15 is 0 Å². The van der Waals surface area contributed by atoms with Crippen molar-refractivity contribution in [1.82, 2.24) is 10.3 Å². The molecule has 0 fully saturated rings. The van der Waals surface area contributed by atoms with Crippen LogP contribution in [0, 0.1) is 6.92 Å². The number of rotatable bonds is 7. The molecule has 6 nitrogen and oxygen atoms in total. The van der Waals surface area contributed by atoms with Gasteiger partial charge in [0.15, 0.2) is 0 Å². The molecule has 2 rings (SSSR count). The Labute approximate surface area is 134 Å². The van der Waals surface area contributed by atoms with Crippen LogP contribution in [0.15, 0.2) is 34.7 Å². The molecule has 0 spiro atoms. The lowest BCUT2D eigenvalue weighted by Gasteiger charge is -2.12. The van der Waals surface area contributed by atoms with Gasteiger partial charge in [0.1, 0.15) is 6.04 Å². The first-order chi connectivity index (χ1) is 11.0. The molecule has 23 heavy (non-hydrogen) atoms. The first kappa shape index (κ1) is 16.7. The van der Waals surface area contributed by atoms with Gasteiger partial charge in [0.2, 0.25) is 11.7 Å². The summed E-state index contributed by atoms with van der Waals surface area (Å²) < 4.78 is 5.53. The predicted molar refractivity (Wildman–Crippen MR) is 85.1 cm³/mol. The van der Waals surface area contributed by atoms with E-state index in [0.717, 1.165) is 18.4 Å². The van der Waals surface area contributed by atoms with Gasteiger partial charge in [-0.3, -0.25) is 4.79 Å². The number of unbranched alkanes of at least 4 members (excludes halogenated alkanes) is 1. The highest BCUT2D eigenvalue weighted by Gasteiger charge is 2.24. The lowest BCUT2D eigenvalue weighted by molar-refractivity contribution is -0.139. The summed E-state index contributed by atoms with van der Waals surface area (Å²) in [5.74, 6) is -1.21. The van der Waals surface area contributed by atoms with E-state index < -0.39 is 17.9 Å². The monoisotopic (exact) mass is 316 g/mol. The second kappa shape index (κ2) is 7.58. The van der Waals surface area contributed by atoms with Crippen LogP contribution in [0.4, 0.5) is 0 Å². The van der Waals surface area contributed by atoms with Crippen LogP contribution in [0.2, 0.25) is 0 Å². The molecule has 0 aliphatic rings. The fourth-order valence-corrected chi connectivity index (χ4v) is 2.20. The fraction of sp³-hybridized carbons (Fsp3) is 0.353. The number of benzene rings is 1. The van der Waals surface area contributed by atoms with E-state index in [1.54, 1.807) is 6.92 Å². The average Bonchev–Trinajstić information content (AvgIpc) is 2.94. The Bertz CT molecular complexity index is 679. The third kappa shape index (κ3) is 4.18. The second-order valence-electron chi connectivity index (χ2n) is 5.31. The molecule has 0 saturated carbocycles. The summed E-state index contributed by atoms with van der Waals surface area (Å²) in [5.41, 5.74) is 1.19. The Morgan fingerprint density at radius 3 is 2.61 bits per heavy atom. The molecule has 1 heterocycles. The molecular weight excluding hydrogens is 296 g/mol. The number of nitrogens with one attached hydrogen (secondary N) is 1. The zero-order valence-electron chi connectivity index (χ0n) is 13.2. The Kier molecular flexibility index (Phi) is 5.51. The number of nitrogens with zero attached hydrogens (tertiary/aromatic N) is 1. The van der Waals surface area contributed by atoms with Crippen LogP contribution in [0.25, 0.3) is 11.5 Å². The molecule has 122 valence electrons. The third-order valence-electron chi connectivity index (χ3n) is 3.47. The van der Waals surface area contributed by atoms with Crippen LogP contribution < -0.4 is 5.32 Å².